The number of hydrogen-bond acceptors (Lipinski definition) is 4. The second kappa shape index (κ2) is 9.84. The number of nitrogens with one attached hydrogen (secondary N) is 1. The highest BCUT2D eigenvalue weighted by atomic mass is 32.2. The Morgan fingerprint density at radius 2 is 1.79 bits per heavy atom. The first-order valence-electron chi connectivity index (χ1n) is 9.50. The van der Waals surface area contributed by atoms with E-state index in [1.165, 1.54) is 43.7 Å². The Morgan fingerprint density at radius 1 is 1.18 bits per heavy atom. The van der Waals surface area contributed by atoms with Gasteiger partial charge in [-0.25, -0.2) is 8.42 Å². The number of sulfonamides is 1. The molecule has 0 aromatic heterocycles. The van der Waals surface area contributed by atoms with Gasteiger partial charge in [-0.1, -0.05) is 25.3 Å². The monoisotopic (exact) mass is 407 g/mol. The van der Waals surface area contributed by atoms with Gasteiger partial charge in [0.15, 0.2) is 0 Å². The quantitative estimate of drug-likeness (QED) is 0.671. The van der Waals surface area contributed by atoms with E-state index in [4.69, 9.17) is 0 Å². The maximum Gasteiger partial charge on any atom is 0.243 e. The van der Waals surface area contributed by atoms with E-state index in [1.807, 2.05) is 0 Å². The van der Waals surface area contributed by atoms with Crippen LogP contribution < -0.4 is 5.32 Å². The van der Waals surface area contributed by atoms with Crippen molar-refractivity contribution in [1.82, 2.24) is 9.21 Å². The van der Waals surface area contributed by atoms with Crippen LogP contribution in [0.5, 0.6) is 0 Å². The Labute approximate surface area is 167 Å². The summed E-state index contributed by atoms with van der Waals surface area (Å²) in [4.78, 5) is 25.6. The summed E-state index contributed by atoms with van der Waals surface area (Å²) in [5.41, 5.74) is 0.509. The zero-order chi connectivity index (χ0) is 20.7. The van der Waals surface area contributed by atoms with Crippen molar-refractivity contribution in [3.8, 4) is 0 Å². The standard InChI is InChI=1S/C20H29N3O4S/c1-4-14-23(15-20(25)22(3)18-8-6-5-7-9-18)28(26,27)19-12-10-17(11-13-19)21-16(2)24/h4,10-13,18H,1,5-9,14-15H2,2-3H3,(H,21,24). The molecule has 28 heavy (non-hydrogen) atoms. The minimum absolute atomic E-state index is 0.0417. The number of carbonyl (C=O) groups excluding carboxylic acids is 2. The molecule has 1 fully saturated rings. The summed E-state index contributed by atoms with van der Waals surface area (Å²) in [6, 6.07) is 6.07. The van der Waals surface area contributed by atoms with Gasteiger partial charge in [-0.15, -0.1) is 6.58 Å². The molecule has 2 rings (SSSR count). The van der Waals surface area contributed by atoms with Crippen molar-refractivity contribution in [3.05, 3.63) is 36.9 Å². The number of rotatable bonds is 8. The molecule has 2 amide bonds. The predicted molar refractivity (Wildman–Crippen MR) is 109 cm³/mol. The lowest BCUT2D eigenvalue weighted by Crippen LogP contribution is -2.45. The third-order valence-corrected chi connectivity index (χ3v) is 6.80. The summed E-state index contributed by atoms with van der Waals surface area (Å²) in [6.07, 6.45) is 6.76. The largest absolute Gasteiger partial charge is 0.342 e. The van der Waals surface area contributed by atoms with Gasteiger partial charge in [0.25, 0.3) is 0 Å². The molecule has 1 N–H and O–H groups in total. The third-order valence-electron chi connectivity index (χ3n) is 4.97. The molecular formula is C20H29N3O4S. The van der Waals surface area contributed by atoms with Crippen LogP contribution in [-0.2, 0) is 19.6 Å². The van der Waals surface area contributed by atoms with Crippen LogP contribution in [-0.4, -0.2) is 55.6 Å². The summed E-state index contributed by atoms with van der Waals surface area (Å²) in [5.74, 6) is -0.451. The fourth-order valence-electron chi connectivity index (χ4n) is 3.39. The molecule has 0 unspecified atom stereocenters. The van der Waals surface area contributed by atoms with E-state index in [1.54, 1.807) is 11.9 Å². The van der Waals surface area contributed by atoms with E-state index < -0.39 is 10.0 Å². The van der Waals surface area contributed by atoms with Crippen LogP contribution in [0.25, 0.3) is 0 Å². The van der Waals surface area contributed by atoms with Gasteiger partial charge in [0.2, 0.25) is 21.8 Å². The highest BCUT2D eigenvalue weighted by Gasteiger charge is 2.29. The molecule has 0 heterocycles. The number of amides is 2. The first-order valence-corrected chi connectivity index (χ1v) is 10.9. The molecule has 1 aliphatic rings. The maximum atomic E-state index is 13.0. The van der Waals surface area contributed by atoms with E-state index in [-0.39, 0.29) is 35.8 Å². The first kappa shape index (κ1) is 22.1. The van der Waals surface area contributed by atoms with Crippen molar-refractivity contribution in [2.45, 2.75) is 50.0 Å². The molecule has 7 nitrogen and oxygen atoms in total. The van der Waals surface area contributed by atoms with Gasteiger partial charge in [-0.3, -0.25) is 9.59 Å². The van der Waals surface area contributed by atoms with E-state index in [0.717, 1.165) is 30.0 Å². The fraction of sp³-hybridized carbons (Fsp3) is 0.500. The molecule has 8 heteroatoms. The van der Waals surface area contributed by atoms with Gasteiger partial charge in [-0.05, 0) is 37.1 Å². The van der Waals surface area contributed by atoms with Crippen LogP contribution in [0.15, 0.2) is 41.8 Å². The number of likely N-dealkylation sites (N-methyl/N-ethyl adjacent to an activating group) is 1. The molecule has 0 bridgehead atoms. The molecule has 0 aliphatic heterocycles. The van der Waals surface area contributed by atoms with E-state index in [2.05, 4.69) is 11.9 Å². The minimum atomic E-state index is -3.87. The van der Waals surface area contributed by atoms with E-state index in [9.17, 15) is 18.0 Å². The summed E-state index contributed by atoms with van der Waals surface area (Å²) >= 11 is 0. The van der Waals surface area contributed by atoms with Crippen molar-refractivity contribution in [3.63, 3.8) is 0 Å². The molecule has 0 spiro atoms. The zero-order valence-corrected chi connectivity index (χ0v) is 17.4. The molecule has 1 aliphatic carbocycles. The normalized spacial score (nSPS) is 15.2. The average Bonchev–Trinajstić information content (AvgIpc) is 2.67. The van der Waals surface area contributed by atoms with Gasteiger partial charge in [0.1, 0.15) is 0 Å². The summed E-state index contributed by atoms with van der Waals surface area (Å²) in [5, 5.41) is 2.60. The molecule has 0 atom stereocenters. The van der Waals surface area contributed by atoms with Crippen molar-refractivity contribution in [2.24, 2.45) is 0 Å². The molecule has 0 saturated heterocycles. The SMILES string of the molecule is C=CCN(CC(=O)N(C)C1CCCCC1)S(=O)(=O)c1ccc(NC(C)=O)cc1. The van der Waals surface area contributed by atoms with Gasteiger partial charge >= 0.3 is 0 Å². The Balaban J connectivity index is 2.15. The Morgan fingerprint density at radius 3 is 2.32 bits per heavy atom. The first-order chi connectivity index (χ1) is 13.3. The zero-order valence-electron chi connectivity index (χ0n) is 16.6. The second-order valence-electron chi connectivity index (χ2n) is 7.09. The van der Waals surface area contributed by atoms with Crippen LogP contribution in [0.3, 0.4) is 0 Å². The Kier molecular flexibility index (Phi) is 7.77. The predicted octanol–water partition coefficient (Wildman–Crippen LogP) is 2.61. The van der Waals surface area contributed by atoms with Gasteiger partial charge in [0, 0.05) is 32.2 Å². The van der Waals surface area contributed by atoms with Crippen LogP contribution in [0.4, 0.5) is 5.69 Å². The summed E-state index contributed by atoms with van der Waals surface area (Å²) in [6.45, 7) is 4.81. The lowest BCUT2D eigenvalue weighted by atomic mass is 9.94. The fourth-order valence-corrected chi connectivity index (χ4v) is 4.75. The molecule has 1 aromatic carbocycles. The highest BCUT2D eigenvalue weighted by molar-refractivity contribution is 7.89. The molecular weight excluding hydrogens is 378 g/mol. The van der Waals surface area contributed by atoms with Crippen LogP contribution in [0, 0.1) is 0 Å². The Bertz CT molecular complexity index is 799. The van der Waals surface area contributed by atoms with Crippen molar-refractivity contribution in [1.29, 1.82) is 0 Å². The molecule has 0 radical (unpaired) electrons. The number of anilines is 1. The van der Waals surface area contributed by atoms with Crippen LogP contribution in [0.1, 0.15) is 39.0 Å². The van der Waals surface area contributed by atoms with Gasteiger partial charge in [-0.2, -0.15) is 4.31 Å². The lowest BCUT2D eigenvalue weighted by molar-refractivity contribution is -0.132. The lowest BCUT2D eigenvalue weighted by Gasteiger charge is -2.32. The van der Waals surface area contributed by atoms with E-state index >= 15 is 0 Å². The minimum Gasteiger partial charge on any atom is -0.342 e. The highest BCUT2D eigenvalue weighted by Crippen LogP contribution is 2.23. The number of benzene rings is 1. The number of hydrogen-bond donors (Lipinski definition) is 1. The van der Waals surface area contributed by atoms with Crippen LogP contribution in [0.2, 0.25) is 0 Å². The van der Waals surface area contributed by atoms with Crippen molar-refractivity contribution >= 4 is 27.5 Å². The third kappa shape index (κ3) is 5.65. The molecule has 1 saturated carbocycles. The Hall–Kier alpha value is -2.19. The summed E-state index contributed by atoms with van der Waals surface area (Å²) in [7, 11) is -2.12. The van der Waals surface area contributed by atoms with Crippen LogP contribution >= 0.6 is 0 Å². The number of carbonyl (C=O) groups is 2. The maximum absolute atomic E-state index is 13.0. The molecule has 154 valence electrons. The topological polar surface area (TPSA) is 86.8 Å². The summed E-state index contributed by atoms with van der Waals surface area (Å²) < 4.78 is 27.2. The average molecular weight is 408 g/mol. The van der Waals surface area contributed by atoms with E-state index in [0.29, 0.717) is 5.69 Å². The van der Waals surface area contributed by atoms with Crippen molar-refractivity contribution < 1.29 is 18.0 Å². The van der Waals surface area contributed by atoms with Gasteiger partial charge < -0.3 is 10.2 Å². The molecule has 1 aromatic rings. The van der Waals surface area contributed by atoms with Gasteiger partial charge in [0.05, 0.1) is 11.4 Å². The smallest absolute Gasteiger partial charge is 0.243 e. The number of nitrogens with zero attached hydrogens (tertiary/aromatic N) is 2. The second-order valence-corrected chi connectivity index (χ2v) is 9.03. The van der Waals surface area contributed by atoms with Crippen molar-refractivity contribution in [2.75, 3.05) is 25.5 Å².